The zero-order valence-electron chi connectivity index (χ0n) is 10.6. The number of rotatable bonds is 9. The highest BCUT2D eigenvalue weighted by atomic mass is 28.2. The molecule has 0 aliphatic carbocycles. The molecule has 1 nitrogen and oxygen atoms in total. The third-order valence-electron chi connectivity index (χ3n) is 2.93. The van der Waals surface area contributed by atoms with Gasteiger partial charge in [-0.15, -0.1) is 0 Å². The van der Waals surface area contributed by atoms with Crippen molar-refractivity contribution < 1.29 is 4.43 Å². The molecule has 86 valence electrons. The molecule has 0 spiro atoms. The highest BCUT2D eigenvalue weighted by Crippen LogP contribution is 2.18. The van der Waals surface area contributed by atoms with Crippen LogP contribution in [0.4, 0.5) is 0 Å². The van der Waals surface area contributed by atoms with Gasteiger partial charge in [-0.3, -0.25) is 0 Å². The highest BCUT2D eigenvalue weighted by Gasteiger charge is 2.13. The second kappa shape index (κ2) is 8.48. The van der Waals surface area contributed by atoms with E-state index in [1.54, 1.807) is 0 Å². The Morgan fingerprint density at radius 3 is 1.93 bits per heavy atom. The van der Waals surface area contributed by atoms with Gasteiger partial charge >= 0.3 is 0 Å². The monoisotopic (exact) mass is 216 g/mol. The van der Waals surface area contributed by atoms with Gasteiger partial charge in [-0.05, 0) is 20.3 Å². The van der Waals surface area contributed by atoms with Crippen LogP contribution in [0.1, 0.15) is 72.1 Å². The molecule has 14 heavy (non-hydrogen) atoms. The molecule has 0 aromatic heterocycles. The summed E-state index contributed by atoms with van der Waals surface area (Å²) in [5, 5.41) is 0. The van der Waals surface area contributed by atoms with Gasteiger partial charge in [-0.25, -0.2) is 0 Å². The Morgan fingerprint density at radius 1 is 0.929 bits per heavy atom. The van der Waals surface area contributed by atoms with Crippen molar-refractivity contribution >= 4 is 10.5 Å². The normalized spacial score (nSPS) is 12.2. The van der Waals surface area contributed by atoms with Gasteiger partial charge in [0, 0.05) is 5.60 Å². The topological polar surface area (TPSA) is 9.23 Å². The summed E-state index contributed by atoms with van der Waals surface area (Å²) in [6.45, 7) is 6.68. The van der Waals surface area contributed by atoms with Crippen LogP contribution in [-0.2, 0) is 4.43 Å². The molecule has 0 saturated carbocycles. The molecular weight excluding hydrogens is 188 g/mol. The van der Waals surface area contributed by atoms with Crippen molar-refractivity contribution in [3.05, 3.63) is 0 Å². The Labute approximate surface area is 93.2 Å². The van der Waals surface area contributed by atoms with E-state index >= 15 is 0 Å². The first kappa shape index (κ1) is 14.2. The third kappa shape index (κ3) is 8.76. The summed E-state index contributed by atoms with van der Waals surface area (Å²) < 4.78 is 5.52. The Balaban J connectivity index is 3.13. The van der Waals surface area contributed by atoms with E-state index in [4.69, 9.17) is 4.43 Å². The lowest BCUT2D eigenvalue weighted by atomic mass is 10.00. The maximum absolute atomic E-state index is 5.52. The van der Waals surface area contributed by atoms with Crippen LogP contribution in [0.3, 0.4) is 0 Å². The second-order valence-electron chi connectivity index (χ2n) is 4.84. The number of hydrogen-bond donors (Lipinski definition) is 0. The van der Waals surface area contributed by atoms with Gasteiger partial charge in [0.2, 0.25) is 0 Å². The Hall–Kier alpha value is 0.177. The van der Waals surface area contributed by atoms with E-state index in [-0.39, 0.29) is 5.60 Å². The average molecular weight is 216 g/mol. The number of hydrogen-bond acceptors (Lipinski definition) is 1. The molecule has 0 aliphatic rings. The van der Waals surface area contributed by atoms with Crippen LogP contribution in [0, 0.1) is 0 Å². The molecule has 0 aromatic rings. The molecule has 0 fully saturated rings. The zero-order chi connectivity index (χ0) is 10.9. The molecule has 0 bridgehead atoms. The molecule has 0 aliphatic heterocycles. The van der Waals surface area contributed by atoms with E-state index in [0.717, 1.165) is 10.5 Å². The largest absolute Gasteiger partial charge is 0.423 e. The molecule has 0 atom stereocenters. The van der Waals surface area contributed by atoms with E-state index in [1.807, 2.05) is 0 Å². The molecule has 0 saturated heterocycles. The van der Waals surface area contributed by atoms with Crippen LogP contribution in [0.25, 0.3) is 0 Å². The van der Waals surface area contributed by atoms with Crippen molar-refractivity contribution in [2.45, 2.75) is 77.7 Å². The fourth-order valence-electron chi connectivity index (χ4n) is 1.61. The number of unbranched alkanes of at least 4 members (excludes halogenated alkanes) is 6. The van der Waals surface area contributed by atoms with E-state index < -0.39 is 0 Å². The van der Waals surface area contributed by atoms with Gasteiger partial charge in [0.1, 0.15) is 10.5 Å². The van der Waals surface area contributed by atoms with Crippen LogP contribution in [0.5, 0.6) is 0 Å². The van der Waals surface area contributed by atoms with Crippen LogP contribution in [0.2, 0.25) is 0 Å². The van der Waals surface area contributed by atoms with E-state index in [1.165, 1.54) is 51.4 Å². The van der Waals surface area contributed by atoms with Crippen LogP contribution >= 0.6 is 0 Å². The summed E-state index contributed by atoms with van der Waals surface area (Å²) in [7, 11) is 0.868. The summed E-state index contributed by atoms with van der Waals surface area (Å²) in [6.07, 6.45) is 11.0. The fraction of sp³-hybridized carbons (Fsp3) is 1.00. The standard InChI is InChI=1S/C12H28OSi/c1-4-5-6-7-8-9-10-11-12(2,3)13-14/h4-11H2,1-3,14H3. The molecule has 0 heterocycles. The molecule has 0 rings (SSSR count). The lowest BCUT2D eigenvalue weighted by molar-refractivity contribution is 0.109. The molecule has 2 heteroatoms. The van der Waals surface area contributed by atoms with Crippen LogP contribution in [0.15, 0.2) is 0 Å². The van der Waals surface area contributed by atoms with E-state index in [0.29, 0.717) is 0 Å². The first-order valence-electron chi connectivity index (χ1n) is 6.17. The van der Waals surface area contributed by atoms with Gasteiger partial charge in [-0.2, -0.15) is 0 Å². The lowest BCUT2D eigenvalue weighted by Crippen LogP contribution is -2.22. The summed E-state index contributed by atoms with van der Waals surface area (Å²) in [4.78, 5) is 0. The maximum atomic E-state index is 5.52. The Bertz CT molecular complexity index is 123. The van der Waals surface area contributed by atoms with Gasteiger partial charge < -0.3 is 4.43 Å². The SMILES string of the molecule is CCCCCCCCCC(C)(C)O[SiH3]. The molecule has 0 unspecified atom stereocenters. The molecule has 0 amide bonds. The van der Waals surface area contributed by atoms with Gasteiger partial charge in [0.25, 0.3) is 0 Å². The van der Waals surface area contributed by atoms with Crippen LogP contribution in [-0.4, -0.2) is 16.1 Å². The van der Waals surface area contributed by atoms with Gasteiger partial charge in [0.15, 0.2) is 0 Å². The van der Waals surface area contributed by atoms with Gasteiger partial charge in [-0.1, -0.05) is 51.9 Å². The molecule has 0 radical (unpaired) electrons. The van der Waals surface area contributed by atoms with E-state index in [9.17, 15) is 0 Å². The molecular formula is C12H28OSi. The van der Waals surface area contributed by atoms with Crippen molar-refractivity contribution in [2.75, 3.05) is 0 Å². The minimum atomic E-state index is 0.148. The first-order valence-corrected chi connectivity index (χ1v) is 6.99. The summed E-state index contributed by atoms with van der Waals surface area (Å²) >= 11 is 0. The predicted molar refractivity (Wildman–Crippen MR) is 67.7 cm³/mol. The first-order chi connectivity index (χ1) is 6.62. The minimum absolute atomic E-state index is 0.148. The fourth-order valence-corrected chi connectivity index (χ4v) is 1.81. The smallest absolute Gasteiger partial charge is 0.146 e. The summed E-state index contributed by atoms with van der Waals surface area (Å²) in [6, 6.07) is 0. The van der Waals surface area contributed by atoms with Crippen LogP contribution < -0.4 is 0 Å². The zero-order valence-corrected chi connectivity index (χ0v) is 12.6. The summed E-state index contributed by atoms with van der Waals surface area (Å²) in [5.41, 5.74) is 0.148. The quantitative estimate of drug-likeness (QED) is 0.425. The molecule has 0 N–H and O–H groups in total. The highest BCUT2D eigenvalue weighted by molar-refractivity contribution is 5.98. The maximum Gasteiger partial charge on any atom is 0.146 e. The van der Waals surface area contributed by atoms with Crippen molar-refractivity contribution in [1.29, 1.82) is 0 Å². The van der Waals surface area contributed by atoms with Gasteiger partial charge in [0.05, 0.1) is 0 Å². The Morgan fingerprint density at radius 2 is 1.43 bits per heavy atom. The lowest BCUT2D eigenvalue weighted by Gasteiger charge is -2.23. The second-order valence-corrected chi connectivity index (χ2v) is 5.24. The van der Waals surface area contributed by atoms with Crippen molar-refractivity contribution in [3.63, 3.8) is 0 Å². The summed E-state index contributed by atoms with van der Waals surface area (Å²) in [5.74, 6) is 0. The van der Waals surface area contributed by atoms with E-state index in [2.05, 4.69) is 20.8 Å². The van der Waals surface area contributed by atoms with Crippen molar-refractivity contribution in [1.82, 2.24) is 0 Å². The molecule has 0 aromatic carbocycles. The average Bonchev–Trinajstić information content (AvgIpc) is 2.16. The predicted octanol–water partition coefficient (Wildman–Crippen LogP) is 3.20. The Kier molecular flexibility index (Phi) is 8.59. The third-order valence-corrected chi connectivity index (χ3v) is 4.04. The minimum Gasteiger partial charge on any atom is -0.423 e. The van der Waals surface area contributed by atoms with Crippen molar-refractivity contribution in [3.8, 4) is 0 Å². The van der Waals surface area contributed by atoms with Crippen molar-refractivity contribution in [2.24, 2.45) is 0 Å².